The van der Waals surface area contributed by atoms with Crippen molar-refractivity contribution in [3.05, 3.63) is 11.6 Å². The highest BCUT2D eigenvalue weighted by Crippen LogP contribution is 2.51. The van der Waals surface area contributed by atoms with Gasteiger partial charge in [-0.3, -0.25) is 4.99 Å². The highest BCUT2D eigenvalue weighted by atomic mass is 127. The van der Waals surface area contributed by atoms with Crippen molar-refractivity contribution >= 4 is 29.9 Å². The standard InChI is InChI=1S/C21H38N6O.HI/c1-6-22-19(24-16-15-21(4,28-5)20(16,2)3)23-13-10-12-18-26-25-17-11-8-7-9-14-27(17)18;/h16H,6-15H2,1-5H3,(H2,22,23,24);1H. The quantitative estimate of drug-likeness (QED) is 0.251. The van der Waals surface area contributed by atoms with E-state index in [2.05, 4.69) is 53.1 Å². The molecule has 3 rings (SSSR count). The van der Waals surface area contributed by atoms with Crippen molar-refractivity contribution < 1.29 is 4.74 Å². The summed E-state index contributed by atoms with van der Waals surface area (Å²) in [5, 5.41) is 15.8. The molecule has 7 nitrogen and oxygen atoms in total. The van der Waals surface area contributed by atoms with Crippen molar-refractivity contribution in [2.45, 2.75) is 90.8 Å². The van der Waals surface area contributed by atoms with Gasteiger partial charge in [0.25, 0.3) is 0 Å². The number of ether oxygens (including phenoxy) is 1. The number of halogens is 1. The van der Waals surface area contributed by atoms with Crippen molar-refractivity contribution in [2.75, 3.05) is 20.2 Å². The number of aryl methyl sites for hydroxylation is 2. The largest absolute Gasteiger partial charge is 0.378 e. The number of rotatable bonds is 7. The molecule has 0 aromatic carbocycles. The summed E-state index contributed by atoms with van der Waals surface area (Å²) in [5.41, 5.74) is -0.00942. The van der Waals surface area contributed by atoms with E-state index < -0.39 is 0 Å². The summed E-state index contributed by atoms with van der Waals surface area (Å²) >= 11 is 0. The SMILES string of the molecule is CCNC(=NCCCc1nnc2n1CCCCC2)NC1CC(C)(OC)C1(C)C.I. The normalized spacial score (nSPS) is 26.0. The van der Waals surface area contributed by atoms with Crippen LogP contribution in [0.5, 0.6) is 0 Å². The van der Waals surface area contributed by atoms with Gasteiger partial charge in [0, 0.05) is 51.0 Å². The van der Waals surface area contributed by atoms with E-state index in [1.54, 1.807) is 0 Å². The smallest absolute Gasteiger partial charge is 0.191 e. The molecular weight excluding hydrogens is 479 g/mol. The van der Waals surface area contributed by atoms with E-state index in [-0.39, 0.29) is 35.0 Å². The fraction of sp³-hybridized carbons (Fsp3) is 0.857. The Balaban J connectivity index is 0.00000300. The Kier molecular flexibility index (Phi) is 8.75. The maximum atomic E-state index is 5.74. The van der Waals surface area contributed by atoms with Crippen molar-refractivity contribution in [1.29, 1.82) is 0 Å². The zero-order valence-corrected chi connectivity index (χ0v) is 21.1. The zero-order chi connectivity index (χ0) is 20.2. The fourth-order valence-electron chi connectivity index (χ4n) is 4.37. The topological polar surface area (TPSA) is 76.4 Å². The van der Waals surface area contributed by atoms with Gasteiger partial charge in [-0.05, 0) is 39.5 Å². The second kappa shape index (κ2) is 10.4. The summed E-state index contributed by atoms with van der Waals surface area (Å²) in [4.78, 5) is 4.80. The molecule has 2 N–H and O–H groups in total. The maximum absolute atomic E-state index is 5.74. The third-order valence-corrected chi connectivity index (χ3v) is 6.95. The molecule has 166 valence electrons. The molecule has 1 aliphatic carbocycles. The Morgan fingerprint density at radius 3 is 2.72 bits per heavy atom. The number of aromatic nitrogens is 3. The summed E-state index contributed by atoms with van der Waals surface area (Å²) < 4.78 is 8.08. The first-order chi connectivity index (χ1) is 13.4. The number of fused-ring (bicyclic) bond motifs is 1. The molecule has 2 aliphatic rings. The van der Waals surface area contributed by atoms with Crippen LogP contribution in [-0.2, 0) is 24.1 Å². The number of nitrogens with zero attached hydrogens (tertiary/aromatic N) is 4. The summed E-state index contributed by atoms with van der Waals surface area (Å²) in [6.45, 7) is 11.5. The summed E-state index contributed by atoms with van der Waals surface area (Å²) in [6.07, 6.45) is 7.75. The lowest BCUT2D eigenvalue weighted by Gasteiger charge is -2.59. The number of methoxy groups -OCH3 is 1. The lowest BCUT2D eigenvalue weighted by atomic mass is 9.56. The molecule has 0 saturated heterocycles. The average Bonchev–Trinajstić information content (AvgIpc) is 2.90. The van der Waals surface area contributed by atoms with Crippen LogP contribution in [0.2, 0.25) is 0 Å². The minimum Gasteiger partial charge on any atom is -0.378 e. The van der Waals surface area contributed by atoms with Gasteiger partial charge < -0.3 is 19.9 Å². The molecule has 1 aliphatic heterocycles. The highest BCUT2D eigenvalue weighted by molar-refractivity contribution is 14.0. The highest BCUT2D eigenvalue weighted by Gasteiger charge is 2.58. The van der Waals surface area contributed by atoms with E-state index in [0.29, 0.717) is 6.04 Å². The monoisotopic (exact) mass is 518 g/mol. The fourth-order valence-corrected chi connectivity index (χ4v) is 4.37. The minimum atomic E-state index is -0.0759. The third-order valence-electron chi connectivity index (χ3n) is 6.95. The first-order valence-electron chi connectivity index (χ1n) is 10.9. The molecule has 2 atom stereocenters. The summed E-state index contributed by atoms with van der Waals surface area (Å²) in [5.74, 6) is 3.19. The molecule has 2 heterocycles. The number of hydrogen-bond donors (Lipinski definition) is 2. The van der Waals surface area contributed by atoms with Crippen LogP contribution in [0.25, 0.3) is 0 Å². The summed E-state index contributed by atoms with van der Waals surface area (Å²) in [6, 6.07) is 0.363. The molecular formula is C21H39IN6O. The van der Waals surface area contributed by atoms with Crippen LogP contribution < -0.4 is 10.6 Å². The molecule has 1 saturated carbocycles. The van der Waals surface area contributed by atoms with Gasteiger partial charge in [-0.15, -0.1) is 34.2 Å². The Labute approximate surface area is 192 Å². The van der Waals surface area contributed by atoms with Gasteiger partial charge in [-0.2, -0.15) is 0 Å². The van der Waals surface area contributed by atoms with E-state index in [0.717, 1.165) is 57.1 Å². The second-order valence-corrected chi connectivity index (χ2v) is 8.92. The zero-order valence-electron chi connectivity index (χ0n) is 18.8. The van der Waals surface area contributed by atoms with Crippen LogP contribution in [-0.4, -0.2) is 52.6 Å². The van der Waals surface area contributed by atoms with Crippen molar-refractivity contribution in [3.8, 4) is 0 Å². The second-order valence-electron chi connectivity index (χ2n) is 8.92. The lowest BCUT2D eigenvalue weighted by molar-refractivity contribution is -0.176. The van der Waals surface area contributed by atoms with Crippen LogP contribution in [0.1, 0.15) is 71.4 Å². The van der Waals surface area contributed by atoms with E-state index >= 15 is 0 Å². The first kappa shape index (κ1) is 24.4. The van der Waals surface area contributed by atoms with Gasteiger partial charge in [-0.1, -0.05) is 20.3 Å². The first-order valence-corrected chi connectivity index (χ1v) is 10.9. The summed E-state index contributed by atoms with van der Waals surface area (Å²) in [7, 11) is 1.81. The Morgan fingerprint density at radius 1 is 1.24 bits per heavy atom. The number of hydrogen-bond acceptors (Lipinski definition) is 4. The minimum absolute atomic E-state index is 0. The van der Waals surface area contributed by atoms with Gasteiger partial charge in [0.2, 0.25) is 0 Å². The van der Waals surface area contributed by atoms with E-state index in [1.165, 1.54) is 25.1 Å². The van der Waals surface area contributed by atoms with Gasteiger partial charge in [0.1, 0.15) is 11.6 Å². The molecule has 0 radical (unpaired) electrons. The van der Waals surface area contributed by atoms with Crippen LogP contribution in [0.15, 0.2) is 4.99 Å². The molecule has 0 bridgehead atoms. The molecule has 2 unspecified atom stereocenters. The van der Waals surface area contributed by atoms with E-state index in [4.69, 9.17) is 9.73 Å². The lowest BCUT2D eigenvalue weighted by Crippen LogP contribution is -2.69. The third kappa shape index (κ3) is 5.24. The molecule has 29 heavy (non-hydrogen) atoms. The molecule has 0 amide bonds. The number of guanidine groups is 1. The van der Waals surface area contributed by atoms with Gasteiger partial charge >= 0.3 is 0 Å². The molecule has 1 aromatic rings. The van der Waals surface area contributed by atoms with E-state index in [9.17, 15) is 0 Å². The van der Waals surface area contributed by atoms with Crippen molar-refractivity contribution in [2.24, 2.45) is 10.4 Å². The Morgan fingerprint density at radius 2 is 2.03 bits per heavy atom. The average molecular weight is 518 g/mol. The van der Waals surface area contributed by atoms with Crippen LogP contribution in [0.4, 0.5) is 0 Å². The molecule has 0 spiro atoms. The van der Waals surface area contributed by atoms with Gasteiger partial charge in [0.15, 0.2) is 5.96 Å². The number of nitrogens with one attached hydrogen (secondary N) is 2. The van der Waals surface area contributed by atoms with Crippen molar-refractivity contribution in [1.82, 2.24) is 25.4 Å². The predicted octanol–water partition coefficient (Wildman–Crippen LogP) is 3.31. The predicted molar refractivity (Wildman–Crippen MR) is 128 cm³/mol. The van der Waals surface area contributed by atoms with Crippen LogP contribution in [0, 0.1) is 5.41 Å². The van der Waals surface area contributed by atoms with E-state index in [1.807, 2.05) is 7.11 Å². The molecule has 1 aromatic heterocycles. The Bertz CT molecular complexity index is 689. The van der Waals surface area contributed by atoms with Gasteiger partial charge in [-0.25, -0.2) is 0 Å². The number of aliphatic imine (C=N–C) groups is 1. The molecule has 1 fully saturated rings. The van der Waals surface area contributed by atoms with Crippen LogP contribution >= 0.6 is 24.0 Å². The molecule has 8 heteroatoms. The van der Waals surface area contributed by atoms with Crippen LogP contribution in [0.3, 0.4) is 0 Å². The van der Waals surface area contributed by atoms with Gasteiger partial charge in [0.05, 0.1) is 5.60 Å². The van der Waals surface area contributed by atoms with Crippen molar-refractivity contribution in [3.63, 3.8) is 0 Å². The Hall–Kier alpha value is -0.900. The maximum Gasteiger partial charge on any atom is 0.191 e.